The predicted molar refractivity (Wildman–Crippen MR) is 60.4 cm³/mol. The van der Waals surface area contributed by atoms with Crippen molar-refractivity contribution in [3.63, 3.8) is 0 Å². The Morgan fingerprint density at radius 1 is 1.35 bits per heavy atom. The lowest BCUT2D eigenvalue weighted by molar-refractivity contribution is -0.0816. The zero-order valence-corrected chi connectivity index (χ0v) is 9.66. The van der Waals surface area contributed by atoms with Crippen LogP contribution < -0.4 is 4.74 Å². The molecule has 1 aromatic heterocycles. The molecule has 5 heterocycles. The van der Waals surface area contributed by atoms with E-state index in [1.807, 2.05) is 6.07 Å². The zero-order valence-electron chi connectivity index (χ0n) is 9.66. The van der Waals surface area contributed by atoms with Gasteiger partial charge in [0.15, 0.2) is 0 Å². The molecule has 3 fully saturated rings. The van der Waals surface area contributed by atoms with E-state index in [2.05, 4.69) is 9.88 Å². The van der Waals surface area contributed by atoms with Gasteiger partial charge in [0.05, 0.1) is 0 Å². The maximum absolute atomic E-state index is 13.1. The minimum atomic E-state index is -0.443. The molecule has 4 aliphatic rings. The molecule has 4 heteroatoms. The fraction of sp³-hybridized carbons (Fsp3) is 0.615. The van der Waals surface area contributed by atoms with E-state index < -0.39 is 5.95 Å². The lowest BCUT2D eigenvalue weighted by Crippen LogP contribution is -2.61. The molecular formula is C13H15FN2O. The largest absolute Gasteiger partial charge is 0.469 e. The molecule has 17 heavy (non-hydrogen) atoms. The first-order chi connectivity index (χ1) is 8.25. The summed E-state index contributed by atoms with van der Waals surface area (Å²) in [6, 6.07) is 3.26. The minimum absolute atomic E-state index is 0.111. The van der Waals surface area contributed by atoms with Crippen molar-refractivity contribution in [3.05, 3.63) is 23.6 Å². The Labute approximate surface area is 99.6 Å². The van der Waals surface area contributed by atoms with Gasteiger partial charge in [0.25, 0.3) is 0 Å². The van der Waals surface area contributed by atoms with E-state index in [0.29, 0.717) is 11.8 Å². The highest BCUT2D eigenvalue weighted by Gasteiger charge is 2.52. The van der Waals surface area contributed by atoms with E-state index in [-0.39, 0.29) is 5.60 Å². The van der Waals surface area contributed by atoms with Crippen molar-refractivity contribution in [2.45, 2.75) is 24.9 Å². The summed E-state index contributed by atoms with van der Waals surface area (Å²) in [7, 11) is 0. The van der Waals surface area contributed by atoms with Crippen LogP contribution in [0.5, 0.6) is 5.88 Å². The monoisotopic (exact) mass is 234 g/mol. The van der Waals surface area contributed by atoms with E-state index in [0.717, 1.165) is 18.5 Å². The van der Waals surface area contributed by atoms with Crippen LogP contribution in [0.25, 0.3) is 0 Å². The van der Waals surface area contributed by atoms with Gasteiger partial charge in [-0.15, -0.1) is 0 Å². The summed E-state index contributed by atoms with van der Waals surface area (Å²) in [6.45, 7) is 3.36. The van der Waals surface area contributed by atoms with Crippen LogP contribution in [0.15, 0.2) is 12.1 Å². The molecule has 0 N–H and O–H groups in total. The van der Waals surface area contributed by atoms with Gasteiger partial charge < -0.3 is 4.74 Å². The summed E-state index contributed by atoms with van der Waals surface area (Å²) in [4.78, 5) is 6.34. The molecule has 5 rings (SSSR count). The lowest BCUT2D eigenvalue weighted by atomic mass is 9.73. The quantitative estimate of drug-likeness (QED) is 0.638. The molecule has 3 saturated heterocycles. The molecule has 0 aromatic carbocycles. The molecule has 0 saturated carbocycles. The minimum Gasteiger partial charge on any atom is -0.469 e. The van der Waals surface area contributed by atoms with Gasteiger partial charge in [-0.05, 0) is 38.1 Å². The average Bonchev–Trinajstić information content (AvgIpc) is 2.67. The van der Waals surface area contributed by atoms with Crippen molar-refractivity contribution < 1.29 is 9.13 Å². The predicted octanol–water partition coefficient (Wildman–Crippen LogP) is 1.62. The van der Waals surface area contributed by atoms with Crippen LogP contribution in [0.2, 0.25) is 0 Å². The summed E-state index contributed by atoms with van der Waals surface area (Å²) in [5.41, 5.74) is 0.958. The average molecular weight is 234 g/mol. The SMILES string of the molecule is Fc1ccc2c(n1)OC1(C2)CN2CCC1CC2. The number of halogens is 1. The van der Waals surface area contributed by atoms with Gasteiger partial charge in [-0.1, -0.05) is 0 Å². The third-order valence-corrected chi connectivity index (χ3v) is 4.52. The summed E-state index contributed by atoms with van der Waals surface area (Å²) in [5, 5.41) is 0. The van der Waals surface area contributed by atoms with Crippen LogP contribution in [-0.4, -0.2) is 35.1 Å². The smallest absolute Gasteiger partial charge is 0.219 e. The first kappa shape index (κ1) is 9.83. The van der Waals surface area contributed by atoms with Gasteiger partial charge in [0.2, 0.25) is 11.8 Å². The highest BCUT2D eigenvalue weighted by atomic mass is 19.1. The number of nitrogens with zero attached hydrogens (tertiary/aromatic N) is 2. The van der Waals surface area contributed by atoms with Gasteiger partial charge in [0, 0.05) is 24.4 Å². The Balaban J connectivity index is 1.71. The molecule has 0 radical (unpaired) electrons. The van der Waals surface area contributed by atoms with Gasteiger partial charge in [0.1, 0.15) is 5.60 Å². The highest BCUT2D eigenvalue weighted by molar-refractivity contribution is 5.34. The van der Waals surface area contributed by atoms with Crippen molar-refractivity contribution in [3.8, 4) is 5.88 Å². The zero-order chi connectivity index (χ0) is 11.5. The van der Waals surface area contributed by atoms with Gasteiger partial charge in [-0.3, -0.25) is 4.90 Å². The summed E-state index contributed by atoms with van der Waals surface area (Å²) >= 11 is 0. The van der Waals surface area contributed by atoms with Crippen molar-refractivity contribution in [1.82, 2.24) is 9.88 Å². The summed E-state index contributed by atoms with van der Waals surface area (Å²) in [5.74, 6) is 0.700. The number of piperidine rings is 3. The third kappa shape index (κ3) is 1.33. The molecule has 3 nitrogen and oxygen atoms in total. The Hall–Kier alpha value is -1.16. The van der Waals surface area contributed by atoms with Crippen LogP contribution >= 0.6 is 0 Å². The Morgan fingerprint density at radius 3 is 2.88 bits per heavy atom. The third-order valence-electron chi connectivity index (χ3n) is 4.52. The number of ether oxygens (including phenoxy) is 1. The van der Waals surface area contributed by atoms with E-state index in [4.69, 9.17) is 4.74 Å². The van der Waals surface area contributed by atoms with Crippen LogP contribution in [0.3, 0.4) is 0 Å². The molecule has 1 spiro atoms. The standard InChI is InChI=1S/C13H15FN2O/c14-11-2-1-9-7-13(17-12(9)15-11)8-16-5-3-10(13)4-6-16/h1-2,10H,3-8H2. The van der Waals surface area contributed by atoms with E-state index >= 15 is 0 Å². The molecular weight excluding hydrogens is 219 g/mol. The highest BCUT2D eigenvalue weighted by Crippen LogP contribution is 2.45. The number of hydrogen-bond donors (Lipinski definition) is 0. The first-order valence-electron chi connectivity index (χ1n) is 6.32. The van der Waals surface area contributed by atoms with Crippen LogP contribution in [0, 0.1) is 11.9 Å². The van der Waals surface area contributed by atoms with E-state index in [9.17, 15) is 4.39 Å². The second-order valence-electron chi connectivity index (χ2n) is 5.49. The van der Waals surface area contributed by atoms with Crippen LogP contribution in [0.4, 0.5) is 4.39 Å². The fourth-order valence-electron chi connectivity index (χ4n) is 3.66. The molecule has 90 valence electrons. The van der Waals surface area contributed by atoms with Gasteiger partial charge in [-0.25, -0.2) is 0 Å². The number of aromatic nitrogens is 1. The normalized spacial score (nSPS) is 38.2. The van der Waals surface area contributed by atoms with E-state index in [1.165, 1.54) is 32.0 Å². The maximum atomic E-state index is 13.1. The first-order valence-corrected chi connectivity index (χ1v) is 6.32. The van der Waals surface area contributed by atoms with Gasteiger partial charge in [-0.2, -0.15) is 9.37 Å². The summed E-state index contributed by atoms with van der Waals surface area (Å²) in [6.07, 6.45) is 3.31. The second-order valence-corrected chi connectivity index (χ2v) is 5.49. The molecule has 0 amide bonds. The topological polar surface area (TPSA) is 25.4 Å². The Kier molecular flexibility index (Phi) is 1.85. The number of fused-ring (bicyclic) bond motifs is 3. The van der Waals surface area contributed by atoms with E-state index in [1.54, 1.807) is 0 Å². The maximum Gasteiger partial charge on any atom is 0.219 e. The van der Waals surface area contributed by atoms with Gasteiger partial charge >= 0.3 is 0 Å². The van der Waals surface area contributed by atoms with Crippen molar-refractivity contribution in [2.24, 2.45) is 5.92 Å². The van der Waals surface area contributed by atoms with Crippen molar-refractivity contribution in [1.29, 1.82) is 0 Å². The molecule has 1 unspecified atom stereocenters. The van der Waals surface area contributed by atoms with Crippen LogP contribution in [0.1, 0.15) is 18.4 Å². The Morgan fingerprint density at radius 2 is 2.18 bits per heavy atom. The van der Waals surface area contributed by atoms with Crippen molar-refractivity contribution >= 4 is 0 Å². The Bertz CT molecular complexity index is 470. The molecule has 4 aliphatic heterocycles. The number of rotatable bonds is 0. The molecule has 2 bridgehead atoms. The van der Waals surface area contributed by atoms with Crippen molar-refractivity contribution in [2.75, 3.05) is 19.6 Å². The fourth-order valence-corrected chi connectivity index (χ4v) is 3.66. The second kappa shape index (κ2) is 3.19. The lowest BCUT2D eigenvalue weighted by Gasteiger charge is -2.50. The summed E-state index contributed by atoms with van der Waals surface area (Å²) < 4.78 is 19.2. The number of hydrogen-bond acceptors (Lipinski definition) is 3. The molecule has 1 atom stereocenters. The van der Waals surface area contributed by atoms with Crippen LogP contribution in [-0.2, 0) is 6.42 Å². The number of pyridine rings is 1. The molecule has 1 aromatic rings. The molecule has 0 aliphatic carbocycles.